The van der Waals surface area contributed by atoms with Crippen LogP contribution in [-0.4, -0.2) is 7.05 Å². The van der Waals surface area contributed by atoms with Crippen LogP contribution in [0.1, 0.15) is 5.56 Å². The average Bonchev–Trinajstić information content (AvgIpc) is 2.08. The van der Waals surface area contributed by atoms with Crippen LogP contribution in [0.4, 0.5) is 5.69 Å². The van der Waals surface area contributed by atoms with Gasteiger partial charge in [0.1, 0.15) is 0 Å². The first kappa shape index (κ1) is 8.89. The molecule has 12 heavy (non-hydrogen) atoms. The van der Waals surface area contributed by atoms with Crippen LogP contribution in [-0.2, 0) is 0 Å². The number of halogens is 1. The van der Waals surface area contributed by atoms with Crippen molar-refractivity contribution in [1.82, 2.24) is 0 Å². The van der Waals surface area contributed by atoms with Gasteiger partial charge >= 0.3 is 0 Å². The number of benzene rings is 1. The van der Waals surface area contributed by atoms with Gasteiger partial charge in [-0.3, -0.25) is 4.90 Å². The van der Waals surface area contributed by atoms with Crippen LogP contribution >= 0.6 is 11.6 Å². The van der Waals surface area contributed by atoms with E-state index < -0.39 is 0 Å². The van der Waals surface area contributed by atoms with Gasteiger partial charge in [0.15, 0.2) is 6.19 Å². The molecule has 0 aromatic heterocycles. The van der Waals surface area contributed by atoms with Crippen molar-refractivity contribution < 1.29 is 0 Å². The van der Waals surface area contributed by atoms with E-state index in [1.54, 1.807) is 13.1 Å². The van der Waals surface area contributed by atoms with E-state index in [0.717, 1.165) is 11.3 Å². The summed E-state index contributed by atoms with van der Waals surface area (Å²) in [5, 5.41) is 9.29. The molecule has 0 saturated heterocycles. The summed E-state index contributed by atoms with van der Waals surface area (Å²) in [4.78, 5) is 1.49. The summed E-state index contributed by atoms with van der Waals surface area (Å²) in [6, 6.07) is 5.48. The Bertz CT molecular complexity index is 328. The molecule has 0 saturated carbocycles. The van der Waals surface area contributed by atoms with Crippen LogP contribution in [0.2, 0.25) is 5.02 Å². The molecule has 0 aliphatic heterocycles. The maximum atomic E-state index is 8.64. The van der Waals surface area contributed by atoms with Crippen molar-refractivity contribution in [2.75, 3.05) is 11.9 Å². The second-order valence-electron chi connectivity index (χ2n) is 2.59. The topological polar surface area (TPSA) is 27.0 Å². The normalized spacial score (nSPS) is 9.17. The number of aryl methyl sites for hydroxylation is 1. The maximum absolute atomic E-state index is 8.64. The summed E-state index contributed by atoms with van der Waals surface area (Å²) in [5.41, 5.74) is 1.90. The third-order valence-corrected chi connectivity index (χ3v) is 1.92. The van der Waals surface area contributed by atoms with Gasteiger partial charge in [0.25, 0.3) is 0 Å². The molecule has 0 fully saturated rings. The highest BCUT2D eigenvalue weighted by Gasteiger charge is 2.03. The van der Waals surface area contributed by atoms with Crippen LogP contribution in [0.5, 0.6) is 0 Å². The van der Waals surface area contributed by atoms with Gasteiger partial charge in [-0.2, -0.15) is 5.26 Å². The first-order valence-corrected chi connectivity index (χ1v) is 3.92. The number of hydrogen-bond donors (Lipinski definition) is 0. The minimum absolute atomic E-state index is 0.651. The van der Waals surface area contributed by atoms with Gasteiger partial charge < -0.3 is 0 Å². The van der Waals surface area contributed by atoms with Gasteiger partial charge in [-0.15, -0.1) is 0 Å². The Morgan fingerprint density at radius 2 is 2.17 bits per heavy atom. The quantitative estimate of drug-likeness (QED) is 0.491. The zero-order chi connectivity index (χ0) is 9.14. The van der Waals surface area contributed by atoms with E-state index in [9.17, 15) is 0 Å². The first-order valence-electron chi connectivity index (χ1n) is 3.55. The zero-order valence-electron chi connectivity index (χ0n) is 7.00. The molecule has 0 unspecified atom stereocenters. The van der Waals surface area contributed by atoms with Crippen molar-refractivity contribution in [1.29, 1.82) is 5.26 Å². The lowest BCUT2D eigenvalue weighted by Crippen LogP contribution is -2.09. The fourth-order valence-corrected chi connectivity index (χ4v) is 1.16. The predicted molar refractivity (Wildman–Crippen MR) is 50.2 cm³/mol. The molecule has 1 aromatic rings. The summed E-state index contributed by atoms with van der Waals surface area (Å²) < 4.78 is 0. The van der Waals surface area contributed by atoms with Crippen molar-refractivity contribution in [3.05, 3.63) is 28.8 Å². The van der Waals surface area contributed by atoms with Crippen LogP contribution < -0.4 is 4.90 Å². The molecule has 0 amide bonds. The molecule has 0 aliphatic carbocycles. The largest absolute Gasteiger partial charge is 0.282 e. The maximum Gasteiger partial charge on any atom is 0.184 e. The van der Waals surface area contributed by atoms with Gasteiger partial charge in [-0.1, -0.05) is 17.7 Å². The monoisotopic (exact) mass is 180 g/mol. The average molecular weight is 181 g/mol. The van der Waals surface area contributed by atoms with E-state index in [1.807, 2.05) is 25.2 Å². The summed E-state index contributed by atoms with van der Waals surface area (Å²) >= 11 is 5.78. The summed E-state index contributed by atoms with van der Waals surface area (Å²) in [5.74, 6) is 0. The van der Waals surface area contributed by atoms with E-state index in [4.69, 9.17) is 16.9 Å². The summed E-state index contributed by atoms with van der Waals surface area (Å²) in [7, 11) is 1.71. The molecule has 0 heterocycles. The summed E-state index contributed by atoms with van der Waals surface area (Å²) in [6.45, 7) is 1.94. The minimum atomic E-state index is 0.651. The number of nitriles is 1. The molecule has 0 radical (unpaired) electrons. The zero-order valence-corrected chi connectivity index (χ0v) is 7.76. The predicted octanol–water partition coefficient (Wildman–Crippen LogP) is 2.57. The SMILES string of the molecule is Cc1ccc(Cl)cc1N(C)C#N. The van der Waals surface area contributed by atoms with Crippen molar-refractivity contribution in [3.8, 4) is 6.19 Å². The Morgan fingerprint density at radius 1 is 1.50 bits per heavy atom. The third kappa shape index (κ3) is 1.69. The fraction of sp³-hybridized carbons (Fsp3) is 0.222. The fourth-order valence-electron chi connectivity index (χ4n) is 0.998. The van der Waals surface area contributed by atoms with Crippen molar-refractivity contribution >= 4 is 17.3 Å². The molecular weight excluding hydrogens is 172 g/mol. The Labute approximate surface area is 77.0 Å². The van der Waals surface area contributed by atoms with Crippen LogP contribution in [0.15, 0.2) is 18.2 Å². The van der Waals surface area contributed by atoms with E-state index in [0.29, 0.717) is 5.02 Å². The standard InChI is InChI=1S/C9H9ClN2/c1-7-3-4-8(10)5-9(7)12(2)6-11/h3-5H,1-2H3. The Kier molecular flexibility index (Phi) is 2.57. The highest BCUT2D eigenvalue weighted by Crippen LogP contribution is 2.22. The number of rotatable bonds is 1. The number of nitrogens with zero attached hydrogens (tertiary/aromatic N) is 2. The summed E-state index contributed by atoms with van der Waals surface area (Å²) in [6.07, 6.45) is 2.02. The van der Waals surface area contributed by atoms with Gasteiger partial charge in [0.2, 0.25) is 0 Å². The molecule has 0 atom stereocenters. The van der Waals surface area contributed by atoms with Crippen molar-refractivity contribution in [2.45, 2.75) is 6.92 Å². The highest BCUT2D eigenvalue weighted by atomic mass is 35.5. The molecule has 62 valence electrons. The lowest BCUT2D eigenvalue weighted by atomic mass is 10.2. The molecule has 0 spiro atoms. The second kappa shape index (κ2) is 3.46. The lowest BCUT2D eigenvalue weighted by Gasteiger charge is -2.11. The molecule has 1 aromatic carbocycles. The smallest absolute Gasteiger partial charge is 0.184 e. The molecule has 0 bridgehead atoms. The Hall–Kier alpha value is -1.20. The highest BCUT2D eigenvalue weighted by molar-refractivity contribution is 6.30. The third-order valence-electron chi connectivity index (χ3n) is 1.68. The second-order valence-corrected chi connectivity index (χ2v) is 3.03. The lowest BCUT2D eigenvalue weighted by molar-refractivity contribution is 1.18. The van der Waals surface area contributed by atoms with Crippen LogP contribution in [0.3, 0.4) is 0 Å². The van der Waals surface area contributed by atoms with E-state index in [-0.39, 0.29) is 0 Å². The molecule has 3 heteroatoms. The molecular formula is C9H9ClN2. The van der Waals surface area contributed by atoms with Gasteiger partial charge in [-0.25, -0.2) is 0 Å². The Morgan fingerprint density at radius 3 is 2.75 bits per heavy atom. The van der Waals surface area contributed by atoms with E-state index in [2.05, 4.69) is 0 Å². The van der Waals surface area contributed by atoms with Crippen LogP contribution in [0.25, 0.3) is 0 Å². The van der Waals surface area contributed by atoms with E-state index >= 15 is 0 Å². The van der Waals surface area contributed by atoms with E-state index in [1.165, 1.54) is 4.90 Å². The van der Waals surface area contributed by atoms with Gasteiger partial charge in [0.05, 0.1) is 5.69 Å². The minimum Gasteiger partial charge on any atom is -0.282 e. The van der Waals surface area contributed by atoms with Crippen molar-refractivity contribution in [2.24, 2.45) is 0 Å². The van der Waals surface area contributed by atoms with Gasteiger partial charge in [-0.05, 0) is 24.6 Å². The van der Waals surface area contributed by atoms with Crippen molar-refractivity contribution in [3.63, 3.8) is 0 Å². The van der Waals surface area contributed by atoms with Crippen LogP contribution in [0, 0.1) is 18.4 Å². The number of hydrogen-bond acceptors (Lipinski definition) is 2. The molecule has 2 nitrogen and oxygen atoms in total. The Balaban J connectivity index is 3.15. The number of anilines is 1. The molecule has 1 rings (SSSR count). The molecule has 0 N–H and O–H groups in total. The first-order chi connectivity index (χ1) is 5.65. The van der Waals surface area contributed by atoms with Gasteiger partial charge in [0, 0.05) is 12.1 Å². The molecule has 0 aliphatic rings.